The molecule has 2 aromatic rings. The average Bonchev–Trinajstić information content (AvgIpc) is 3.17. The fraction of sp³-hybridized carbons (Fsp3) is 0.412. The minimum Gasteiger partial charge on any atom is -0.335 e. The summed E-state index contributed by atoms with van der Waals surface area (Å²) in [4.78, 5) is 14.8. The predicted molar refractivity (Wildman–Crippen MR) is 92.1 cm³/mol. The van der Waals surface area contributed by atoms with Gasteiger partial charge in [-0.3, -0.25) is 4.79 Å². The van der Waals surface area contributed by atoms with E-state index in [1.165, 1.54) is 5.69 Å². The zero-order valence-electron chi connectivity index (χ0n) is 12.9. The van der Waals surface area contributed by atoms with Crippen LogP contribution >= 0.6 is 15.9 Å². The topological polar surface area (TPSA) is 50.2 Å². The van der Waals surface area contributed by atoms with Crippen LogP contribution in [0.1, 0.15) is 28.2 Å². The minimum atomic E-state index is 0.0818. The molecule has 1 fully saturated rings. The third-order valence-corrected chi connectivity index (χ3v) is 5.08. The van der Waals surface area contributed by atoms with Crippen molar-refractivity contribution in [2.45, 2.75) is 19.3 Å². The van der Waals surface area contributed by atoms with Gasteiger partial charge >= 0.3 is 0 Å². The predicted octanol–water partition coefficient (Wildman–Crippen LogP) is 2.17. The summed E-state index contributed by atoms with van der Waals surface area (Å²) >= 11 is 3.52. The first-order valence-electron chi connectivity index (χ1n) is 8.11. The van der Waals surface area contributed by atoms with Gasteiger partial charge in [-0.05, 0) is 37.5 Å². The molecule has 0 bridgehead atoms. The molecule has 4 rings (SSSR count). The number of aromatic nitrogens is 2. The molecule has 6 heteroatoms. The molecule has 5 nitrogen and oxygen atoms in total. The van der Waals surface area contributed by atoms with E-state index < -0.39 is 0 Å². The summed E-state index contributed by atoms with van der Waals surface area (Å²) in [6.07, 6.45) is 3.04. The molecule has 0 unspecified atom stereocenters. The number of halogens is 1. The maximum absolute atomic E-state index is 12.9. The number of hydrogen-bond donors (Lipinski definition) is 1. The van der Waals surface area contributed by atoms with Gasteiger partial charge in [-0.15, -0.1) is 0 Å². The average molecular weight is 375 g/mol. The van der Waals surface area contributed by atoms with E-state index in [-0.39, 0.29) is 5.91 Å². The number of carbonyl (C=O) groups excluding carboxylic acids is 1. The number of nitrogens with zero attached hydrogens (tertiary/aromatic N) is 3. The summed E-state index contributed by atoms with van der Waals surface area (Å²) in [5.74, 6) is 0.0818. The van der Waals surface area contributed by atoms with Crippen LogP contribution < -0.4 is 5.32 Å². The van der Waals surface area contributed by atoms with E-state index in [4.69, 9.17) is 5.10 Å². The quantitative estimate of drug-likeness (QED) is 0.876. The summed E-state index contributed by atoms with van der Waals surface area (Å²) in [7, 11) is 0. The molecule has 1 aliphatic carbocycles. The zero-order valence-corrected chi connectivity index (χ0v) is 14.5. The summed E-state index contributed by atoms with van der Waals surface area (Å²) in [5.41, 5.74) is 4.01. The molecule has 0 radical (unpaired) electrons. The van der Waals surface area contributed by atoms with Gasteiger partial charge in [0, 0.05) is 41.9 Å². The van der Waals surface area contributed by atoms with Crippen molar-refractivity contribution >= 4 is 21.8 Å². The van der Waals surface area contributed by atoms with Gasteiger partial charge in [-0.1, -0.05) is 22.0 Å². The Morgan fingerprint density at radius 1 is 1.22 bits per heavy atom. The van der Waals surface area contributed by atoms with Crippen molar-refractivity contribution in [2.24, 2.45) is 0 Å². The molecular formula is C17H19BrN4O. The lowest BCUT2D eigenvalue weighted by Gasteiger charge is -2.26. The third kappa shape index (κ3) is 2.70. The van der Waals surface area contributed by atoms with Crippen molar-refractivity contribution < 1.29 is 4.79 Å². The van der Waals surface area contributed by atoms with Crippen molar-refractivity contribution in [1.82, 2.24) is 20.0 Å². The molecule has 120 valence electrons. The van der Waals surface area contributed by atoms with Crippen molar-refractivity contribution in [3.05, 3.63) is 45.7 Å². The highest BCUT2D eigenvalue weighted by Crippen LogP contribution is 2.29. The number of piperazine rings is 1. The largest absolute Gasteiger partial charge is 0.335 e. The molecule has 1 aromatic heterocycles. The monoisotopic (exact) mass is 374 g/mol. The van der Waals surface area contributed by atoms with Crippen LogP contribution in [-0.4, -0.2) is 46.8 Å². The summed E-state index contributed by atoms with van der Waals surface area (Å²) in [6, 6.07) is 8.08. The van der Waals surface area contributed by atoms with Gasteiger partial charge < -0.3 is 10.2 Å². The highest BCUT2D eigenvalue weighted by atomic mass is 79.9. The Morgan fingerprint density at radius 3 is 2.83 bits per heavy atom. The Kier molecular flexibility index (Phi) is 3.95. The van der Waals surface area contributed by atoms with Crippen molar-refractivity contribution in [3.8, 4) is 5.69 Å². The maximum atomic E-state index is 12.9. The van der Waals surface area contributed by atoms with Gasteiger partial charge in [0.2, 0.25) is 0 Å². The molecule has 1 aliphatic heterocycles. The van der Waals surface area contributed by atoms with E-state index in [1.807, 2.05) is 33.8 Å². The number of benzene rings is 1. The second-order valence-electron chi connectivity index (χ2n) is 6.06. The molecule has 23 heavy (non-hydrogen) atoms. The highest BCUT2D eigenvalue weighted by molar-refractivity contribution is 9.10. The highest BCUT2D eigenvalue weighted by Gasteiger charge is 2.30. The fourth-order valence-electron chi connectivity index (χ4n) is 3.45. The number of rotatable bonds is 2. The number of carbonyl (C=O) groups is 1. The molecule has 0 saturated carbocycles. The van der Waals surface area contributed by atoms with Gasteiger partial charge in [0.1, 0.15) is 0 Å². The molecule has 1 aromatic carbocycles. The standard InChI is InChI=1S/C17H19BrN4O/c18-12-3-1-4-13(11-12)22-15-6-2-5-14(15)16(20-22)17(23)21-9-7-19-8-10-21/h1,3-4,11,19H,2,5-10H2. The number of amides is 1. The van der Waals surface area contributed by atoms with E-state index in [0.717, 1.165) is 61.2 Å². The van der Waals surface area contributed by atoms with E-state index in [0.29, 0.717) is 5.69 Å². The molecule has 2 heterocycles. The zero-order chi connectivity index (χ0) is 15.8. The van der Waals surface area contributed by atoms with Crippen LogP contribution in [0.4, 0.5) is 0 Å². The molecule has 0 spiro atoms. The molecule has 1 N–H and O–H groups in total. The van der Waals surface area contributed by atoms with E-state index in [9.17, 15) is 4.79 Å². The van der Waals surface area contributed by atoms with Gasteiger partial charge in [0.15, 0.2) is 5.69 Å². The van der Waals surface area contributed by atoms with E-state index in [2.05, 4.69) is 21.2 Å². The number of fused-ring (bicyclic) bond motifs is 1. The Hall–Kier alpha value is -1.66. The first-order valence-corrected chi connectivity index (χ1v) is 8.90. The van der Waals surface area contributed by atoms with Crippen LogP contribution in [-0.2, 0) is 12.8 Å². The van der Waals surface area contributed by atoms with Gasteiger partial charge in [-0.25, -0.2) is 4.68 Å². The number of nitrogens with one attached hydrogen (secondary N) is 1. The second-order valence-corrected chi connectivity index (χ2v) is 6.98. The Balaban J connectivity index is 1.74. The lowest BCUT2D eigenvalue weighted by molar-refractivity contribution is 0.0728. The molecule has 1 saturated heterocycles. The summed E-state index contributed by atoms with van der Waals surface area (Å²) < 4.78 is 2.98. The lowest BCUT2D eigenvalue weighted by Crippen LogP contribution is -2.46. The first kappa shape index (κ1) is 14.9. The normalized spacial score (nSPS) is 17.3. The van der Waals surface area contributed by atoms with Crippen LogP contribution in [0.25, 0.3) is 5.69 Å². The lowest BCUT2D eigenvalue weighted by atomic mass is 10.1. The Bertz CT molecular complexity index is 749. The van der Waals surface area contributed by atoms with Crippen molar-refractivity contribution in [1.29, 1.82) is 0 Å². The molecular weight excluding hydrogens is 356 g/mol. The van der Waals surface area contributed by atoms with Gasteiger partial charge in [0.05, 0.1) is 5.69 Å². The molecule has 2 aliphatic rings. The molecule has 0 atom stereocenters. The van der Waals surface area contributed by atoms with E-state index in [1.54, 1.807) is 0 Å². The minimum absolute atomic E-state index is 0.0818. The van der Waals surface area contributed by atoms with Crippen LogP contribution in [0.2, 0.25) is 0 Å². The summed E-state index contributed by atoms with van der Waals surface area (Å²) in [6.45, 7) is 3.25. The van der Waals surface area contributed by atoms with Crippen LogP contribution in [0.5, 0.6) is 0 Å². The van der Waals surface area contributed by atoms with E-state index >= 15 is 0 Å². The van der Waals surface area contributed by atoms with Gasteiger partial charge in [-0.2, -0.15) is 5.10 Å². The summed E-state index contributed by atoms with van der Waals surface area (Å²) in [5, 5.41) is 7.99. The maximum Gasteiger partial charge on any atom is 0.274 e. The Morgan fingerprint density at radius 2 is 2.04 bits per heavy atom. The fourth-order valence-corrected chi connectivity index (χ4v) is 3.84. The number of hydrogen-bond acceptors (Lipinski definition) is 3. The first-order chi connectivity index (χ1) is 11.2. The SMILES string of the molecule is O=C(c1nn(-c2cccc(Br)c2)c2c1CCC2)N1CCNCC1. The third-order valence-electron chi connectivity index (χ3n) is 4.59. The van der Waals surface area contributed by atoms with Crippen LogP contribution in [0.3, 0.4) is 0 Å². The molecule has 1 amide bonds. The van der Waals surface area contributed by atoms with Crippen LogP contribution in [0.15, 0.2) is 28.7 Å². The smallest absolute Gasteiger partial charge is 0.274 e. The van der Waals surface area contributed by atoms with Crippen molar-refractivity contribution in [3.63, 3.8) is 0 Å². The second kappa shape index (κ2) is 6.09. The Labute approximate surface area is 143 Å². The van der Waals surface area contributed by atoms with Crippen molar-refractivity contribution in [2.75, 3.05) is 26.2 Å². The van der Waals surface area contributed by atoms with Gasteiger partial charge in [0.25, 0.3) is 5.91 Å². The van der Waals surface area contributed by atoms with Crippen LogP contribution in [0, 0.1) is 0 Å².